The van der Waals surface area contributed by atoms with Crippen LogP contribution in [0.3, 0.4) is 0 Å². The van der Waals surface area contributed by atoms with Crippen LogP contribution in [0, 0.1) is 13.8 Å². The van der Waals surface area contributed by atoms with Crippen molar-refractivity contribution in [3.8, 4) is 11.4 Å². The highest BCUT2D eigenvalue weighted by Crippen LogP contribution is 2.17. The Morgan fingerprint density at radius 1 is 1.15 bits per heavy atom. The van der Waals surface area contributed by atoms with Crippen LogP contribution in [0.1, 0.15) is 23.9 Å². The minimum Gasteiger partial charge on any atom is -0.481 e. The van der Waals surface area contributed by atoms with Gasteiger partial charge in [0.25, 0.3) is 5.91 Å². The summed E-state index contributed by atoms with van der Waals surface area (Å²) < 4.78 is 7.72. The number of carbonyl (C=O) groups is 1. The lowest BCUT2D eigenvalue weighted by molar-refractivity contribution is -0.127. The predicted octanol–water partition coefficient (Wildman–Crippen LogP) is 3.57. The van der Waals surface area contributed by atoms with Crippen LogP contribution < -0.4 is 10.1 Å². The number of amides is 1. The standard InChI is InChI=1S/C21H23N3O2/c1-15-8-10-19(11-9-15)26-16(2)21(25)23-14-18-6-4-5-7-20(18)24-13-12-22-17(24)3/h4-13,16H,14H2,1-3H3,(H,23,25)/t16-/m1/s1. The third-order valence-corrected chi connectivity index (χ3v) is 4.23. The summed E-state index contributed by atoms with van der Waals surface area (Å²) in [7, 11) is 0. The van der Waals surface area contributed by atoms with Crippen molar-refractivity contribution in [3.05, 3.63) is 77.9 Å². The van der Waals surface area contributed by atoms with Crippen LogP contribution in [0.15, 0.2) is 60.9 Å². The number of hydrogen-bond donors (Lipinski definition) is 1. The number of carbonyl (C=O) groups excluding carboxylic acids is 1. The maximum absolute atomic E-state index is 12.4. The van der Waals surface area contributed by atoms with E-state index in [4.69, 9.17) is 4.74 Å². The summed E-state index contributed by atoms with van der Waals surface area (Å²) in [5.74, 6) is 1.44. The Balaban J connectivity index is 1.64. The fourth-order valence-electron chi connectivity index (χ4n) is 2.73. The molecule has 0 aliphatic rings. The summed E-state index contributed by atoms with van der Waals surface area (Å²) >= 11 is 0. The van der Waals surface area contributed by atoms with Gasteiger partial charge in [-0.2, -0.15) is 0 Å². The Morgan fingerprint density at radius 2 is 1.88 bits per heavy atom. The molecule has 0 fully saturated rings. The maximum Gasteiger partial charge on any atom is 0.261 e. The fraction of sp³-hybridized carbons (Fsp3) is 0.238. The smallest absolute Gasteiger partial charge is 0.261 e. The van der Waals surface area contributed by atoms with Crippen LogP contribution in [0.2, 0.25) is 0 Å². The first kappa shape index (κ1) is 17.7. The number of para-hydroxylation sites is 1. The number of ether oxygens (including phenoxy) is 1. The monoisotopic (exact) mass is 349 g/mol. The summed E-state index contributed by atoms with van der Waals surface area (Å²) in [5, 5.41) is 2.95. The van der Waals surface area contributed by atoms with Gasteiger partial charge in [-0.05, 0) is 44.5 Å². The number of aromatic nitrogens is 2. The molecule has 0 spiro atoms. The molecular weight excluding hydrogens is 326 g/mol. The molecule has 134 valence electrons. The Labute approximate surface area is 153 Å². The maximum atomic E-state index is 12.4. The molecule has 2 aromatic carbocycles. The number of imidazole rings is 1. The highest BCUT2D eigenvalue weighted by molar-refractivity contribution is 5.80. The van der Waals surface area contributed by atoms with Gasteiger partial charge in [-0.25, -0.2) is 4.98 Å². The molecule has 1 heterocycles. The Morgan fingerprint density at radius 3 is 2.58 bits per heavy atom. The molecule has 1 aromatic heterocycles. The van der Waals surface area contributed by atoms with Crippen molar-refractivity contribution in [2.75, 3.05) is 0 Å². The van der Waals surface area contributed by atoms with Crippen molar-refractivity contribution in [3.63, 3.8) is 0 Å². The third kappa shape index (κ3) is 4.11. The van der Waals surface area contributed by atoms with E-state index in [1.54, 1.807) is 13.1 Å². The van der Waals surface area contributed by atoms with Gasteiger partial charge in [-0.3, -0.25) is 4.79 Å². The van der Waals surface area contributed by atoms with E-state index >= 15 is 0 Å². The topological polar surface area (TPSA) is 56.1 Å². The molecule has 0 bridgehead atoms. The molecule has 0 radical (unpaired) electrons. The number of aryl methyl sites for hydroxylation is 2. The lowest BCUT2D eigenvalue weighted by Gasteiger charge is -2.16. The molecule has 0 saturated carbocycles. The second-order valence-corrected chi connectivity index (χ2v) is 6.26. The van der Waals surface area contributed by atoms with Gasteiger partial charge in [0, 0.05) is 18.9 Å². The molecule has 3 aromatic rings. The number of benzene rings is 2. The first-order chi connectivity index (χ1) is 12.5. The molecule has 1 amide bonds. The minimum atomic E-state index is -0.570. The minimum absolute atomic E-state index is 0.150. The Bertz CT molecular complexity index is 884. The zero-order chi connectivity index (χ0) is 18.5. The van der Waals surface area contributed by atoms with Gasteiger partial charge in [0.1, 0.15) is 11.6 Å². The average molecular weight is 349 g/mol. The second-order valence-electron chi connectivity index (χ2n) is 6.26. The fourth-order valence-corrected chi connectivity index (χ4v) is 2.73. The van der Waals surface area contributed by atoms with Gasteiger partial charge in [0.05, 0.1) is 5.69 Å². The van der Waals surface area contributed by atoms with Crippen molar-refractivity contribution in [2.24, 2.45) is 0 Å². The highest BCUT2D eigenvalue weighted by atomic mass is 16.5. The molecular formula is C21H23N3O2. The summed E-state index contributed by atoms with van der Waals surface area (Å²) in [6.07, 6.45) is 3.11. The third-order valence-electron chi connectivity index (χ3n) is 4.23. The largest absolute Gasteiger partial charge is 0.481 e. The molecule has 0 saturated heterocycles. The van der Waals surface area contributed by atoms with Crippen molar-refractivity contribution in [1.29, 1.82) is 0 Å². The van der Waals surface area contributed by atoms with Gasteiger partial charge < -0.3 is 14.6 Å². The predicted molar refractivity (Wildman–Crippen MR) is 101 cm³/mol. The average Bonchev–Trinajstić information content (AvgIpc) is 3.07. The van der Waals surface area contributed by atoms with Gasteiger partial charge in [-0.1, -0.05) is 35.9 Å². The van der Waals surface area contributed by atoms with Crippen molar-refractivity contribution in [1.82, 2.24) is 14.9 Å². The number of nitrogens with one attached hydrogen (secondary N) is 1. The number of hydrogen-bond acceptors (Lipinski definition) is 3. The highest BCUT2D eigenvalue weighted by Gasteiger charge is 2.15. The van der Waals surface area contributed by atoms with E-state index in [-0.39, 0.29) is 5.91 Å². The Hall–Kier alpha value is -3.08. The quantitative estimate of drug-likeness (QED) is 0.740. The lowest BCUT2D eigenvalue weighted by Crippen LogP contribution is -2.36. The molecule has 5 nitrogen and oxygen atoms in total. The second kappa shape index (κ2) is 7.87. The van der Waals surface area contributed by atoms with Crippen LogP contribution in [0.25, 0.3) is 5.69 Å². The summed E-state index contributed by atoms with van der Waals surface area (Å²) in [4.78, 5) is 16.7. The van der Waals surface area contributed by atoms with E-state index in [0.29, 0.717) is 12.3 Å². The SMILES string of the molecule is Cc1ccc(O[C@H](C)C(=O)NCc2ccccc2-n2ccnc2C)cc1. The number of rotatable bonds is 6. The zero-order valence-electron chi connectivity index (χ0n) is 15.3. The molecule has 0 aliphatic heterocycles. The van der Waals surface area contributed by atoms with Gasteiger partial charge in [0.2, 0.25) is 0 Å². The van der Waals surface area contributed by atoms with E-state index in [2.05, 4.69) is 10.3 Å². The van der Waals surface area contributed by atoms with Gasteiger partial charge in [0.15, 0.2) is 6.10 Å². The van der Waals surface area contributed by atoms with E-state index < -0.39 is 6.10 Å². The van der Waals surface area contributed by atoms with Crippen LogP contribution in [-0.4, -0.2) is 21.6 Å². The molecule has 0 aliphatic carbocycles. The molecule has 26 heavy (non-hydrogen) atoms. The van der Waals surface area contributed by atoms with Crippen LogP contribution in [0.5, 0.6) is 5.75 Å². The van der Waals surface area contributed by atoms with E-state index in [1.807, 2.05) is 73.1 Å². The Kier molecular flexibility index (Phi) is 5.37. The van der Waals surface area contributed by atoms with E-state index in [1.165, 1.54) is 0 Å². The molecule has 5 heteroatoms. The van der Waals surface area contributed by atoms with Crippen molar-refractivity contribution >= 4 is 5.91 Å². The van der Waals surface area contributed by atoms with Gasteiger partial charge in [-0.15, -0.1) is 0 Å². The first-order valence-electron chi connectivity index (χ1n) is 8.64. The molecule has 1 atom stereocenters. The van der Waals surface area contributed by atoms with Crippen LogP contribution in [0.4, 0.5) is 0 Å². The summed E-state index contributed by atoms with van der Waals surface area (Å²) in [5.41, 5.74) is 3.18. The summed E-state index contributed by atoms with van der Waals surface area (Å²) in [6.45, 7) is 6.14. The van der Waals surface area contributed by atoms with E-state index in [9.17, 15) is 4.79 Å². The van der Waals surface area contributed by atoms with Crippen molar-refractivity contribution < 1.29 is 9.53 Å². The summed E-state index contributed by atoms with van der Waals surface area (Å²) in [6, 6.07) is 15.6. The molecule has 1 N–H and O–H groups in total. The van der Waals surface area contributed by atoms with Gasteiger partial charge >= 0.3 is 0 Å². The molecule has 0 unspecified atom stereocenters. The van der Waals surface area contributed by atoms with Crippen LogP contribution >= 0.6 is 0 Å². The van der Waals surface area contributed by atoms with E-state index in [0.717, 1.165) is 22.6 Å². The van der Waals surface area contributed by atoms with Crippen LogP contribution in [-0.2, 0) is 11.3 Å². The zero-order valence-corrected chi connectivity index (χ0v) is 15.3. The number of nitrogens with zero attached hydrogens (tertiary/aromatic N) is 2. The van der Waals surface area contributed by atoms with Crippen molar-refractivity contribution in [2.45, 2.75) is 33.4 Å². The normalized spacial score (nSPS) is 11.8. The first-order valence-corrected chi connectivity index (χ1v) is 8.64. The molecule has 3 rings (SSSR count). The lowest BCUT2D eigenvalue weighted by atomic mass is 10.1.